The maximum Gasteiger partial charge on any atom is 0.335 e. The number of sulfonamides is 1. The van der Waals surface area contributed by atoms with Crippen molar-refractivity contribution in [1.82, 2.24) is 9.21 Å². The molecular weight excluding hydrogens is 316 g/mol. The van der Waals surface area contributed by atoms with Crippen molar-refractivity contribution in [2.45, 2.75) is 25.7 Å². The predicted octanol–water partition coefficient (Wildman–Crippen LogP) is 1.74. The van der Waals surface area contributed by atoms with E-state index >= 15 is 0 Å². The Hall–Kier alpha value is -1.44. The van der Waals surface area contributed by atoms with Crippen LogP contribution in [0.2, 0.25) is 0 Å². The highest BCUT2D eigenvalue weighted by Gasteiger charge is 2.30. The van der Waals surface area contributed by atoms with Crippen molar-refractivity contribution >= 4 is 16.0 Å². The van der Waals surface area contributed by atoms with Crippen LogP contribution in [0.4, 0.5) is 0 Å². The monoisotopic (exact) mass is 340 g/mol. The summed E-state index contributed by atoms with van der Waals surface area (Å²) in [5.41, 5.74) is 0.161. The maximum atomic E-state index is 12.7. The fraction of sp³-hybridized carbons (Fsp3) is 0.562. The first-order valence-electron chi connectivity index (χ1n) is 7.65. The number of nitrogens with zero attached hydrogens (tertiary/aromatic N) is 2. The molecule has 0 spiro atoms. The van der Waals surface area contributed by atoms with Gasteiger partial charge in [0, 0.05) is 32.7 Å². The largest absolute Gasteiger partial charge is 0.478 e. The molecule has 1 aromatic rings. The van der Waals surface area contributed by atoms with Crippen molar-refractivity contribution in [1.29, 1.82) is 0 Å². The van der Waals surface area contributed by atoms with E-state index in [-0.39, 0.29) is 15.9 Å². The molecular formula is C16H24N2O4S. The summed E-state index contributed by atoms with van der Waals surface area (Å²) in [6, 6.07) is 5.53. The third kappa shape index (κ3) is 4.53. The summed E-state index contributed by atoms with van der Waals surface area (Å²) in [4.78, 5) is 13.3. The second-order valence-corrected chi connectivity index (χ2v) is 9.01. The minimum atomic E-state index is -3.64. The number of benzene rings is 1. The zero-order valence-electron chi connectivity index (χ0n) is 13.8. The first-order valence-corrected chi connectivity index (χ1v) is 9.09. The molecule has 0 atom stereocenters. The lowest BCUT2D eigenvalue weighted by Crippen LogP contribution is -2.50. The van der Waals surface area contributed by atoms with Gasteiger partial charge in [-0.3, -0.25) is 0 Å². The number of carboxylic acid groups (broad SMARTS) is 1. The quantitative estimate of drug-likeness (QED) is 0.903. The van der Waals surface area contributed by atoms with Crippen LogP contribution in [0.5, 0.6) is 0 Å². The van der Waals surface area contributed by atoms with Gasteiger partial charge < -0.3 is 10.0 Å². The molecule has 0 amide bonds. The Bertz CT molecular complexity index is 672. The standard InChI is InChI=1S/C16H24N2O4S/c1-16(2,3)12-17-7-9-18(10-8-17)23(21,22)14-6-4-5-13(11-14)15(19)20/h4-6,11H,7-10,12H2,1-3H3,(H,19,20). The molecule has 1 heterocycles. The Balaban J connectivity index is 2.10. The Morgan fingerprint density at radius 3 is 2.30 bits per heavy atom. The SMILES string of the molecule is CC(C)(C)CN1CCN(S(=O)(=O)c2cccc(C(=O)O)c2)CC1. The van der Waals surface area contributed by atoms with Crippen molar-refractivity contribution in [3.8, 4) is 0 Å². The van der Waals surface area contributed by atoms with E-state index in [9.17, 15) is 13.2 Å². The van der Waals surface area contributed by atoms with E-state index < -0.39 is 16.0 Å². The highest BCUT2D eigenvalue weighted by molar-refractivity contribution is 7.89. The second-order valence-electron chi connectivity index (χ2n) is 7.07. The van der Waals surface area contributed by atoms with Crippen LogP contribution in [0.25, 0.3) is 0 Å². The van der Waals surface area contributed by atoms with Gasteiger partial charge in [-0.2, -0.15) is 4.31 Å². The smallest absolute Gasteiger partial charge is 0.335 e. The molecule has 0 radical (unpaired) electrons. The Kier molecular flexibility index (Phi) is 5.13. The van der Waals surface area contributed by atoms with Crippen molar-refractivity contribution < 1.29 is 18.3 Å². The lowest BCUT2D eigenvalue weighted by atomic mass is 9.96. The summed E-state index contributed by atoms with van der Waals surface area (Å²) in [6.45, 7) is 9.64. The van der Waals surface area contributed by atoms with Gasteiger partial charge in [0.2, 0.25) is 10.0 Å². The lowest BCUT2D eigenvalue weighted by Gasteiger charge is -2.37. The fourth-order valence-electron chi connectivity index (χ4n) is 2.74. The van der Waals surface area contributed by atoms with E-state index in [1.807, 2.05) is 0 Å². The number of hydrogen-bond donors (Lipinski definition) is 1. The van der Waals surface area contributed by atoms with Crippen molar-refractivity contribution in [3.05, 3.63) is 29.8 Å². The molecule has 6 nitrogen and oxygen atoms in total. The lowest BCUT2D eigenvalue weighted by molar-refractivity contribution is 0.0696. The van der Waals surface area contributed by atoms with Crippen molar-refractivity contribution in [2.24, 2.45) is 5.41 Å². The summed E-state index contributed by atoms with van der Waals surface area (Å²) in [6.07, 6.45) is 0. The van der Waals surface area contributed by atoms with E-state index in [4.69, 9.17) is 5.11 Å². The van der Waals surface area contributed by atoms with Crippen LogP contribution in [-0.2, 0) is 10.0 Å². The number of carbonyl (C=O) groups is 1. The van der Waals surface area contributed by atoms with E-state index in [1.54, 1.807) is 0 Å². The summed E-state index contributed by atoms with van der Waals surface area (Å²) in [5, 5.41) is 9.01. The van der Waals surface area contributed by atoms with E-state index in [0.717, 1.165) is 6.54 Å². The van der Waals surface area contributed by atoms with Crippen molar-refractivity contribution in [3.63, 3.8) is 0 Å². The second kappa shape index (κ2) is 6.59. The van der Waals surface area contributed by atoms with Crippen molar-refractivity contribution in [2.75, 3.05) is 32.7 Å². The average molecular weight is 340 g/mol. The molecule has 1 saturated heterocycles. The van der Waals surface area contributed by atoms with Gasteiger partial charge in [0.1, 0.15) is 0 Å². The fourth-order valence-corrected chi connectivity index (χ4v) is 4.21. The molecule has 2 rings (SSSR count). The van der Waals surface area contributed by atoms with Gasteiger partial charge >= 0.3 is 5.97 Å². The number of carboxylic acids is 1. The van der Waals surface area contributed by atoms with Crippen LogP contribution in [0, 0.1) is 5.41 Å². The van der Waals surface area contributed by atoms with Crippen LogP contribution < -0.4 is 0 Å². The van der Waals surface area contributed by atoms with Gasteiger partial charge in [0.25, 0.3) is 0 Å². The highest BCUT2D eigenvalue weighted by atomic mass is 32.2. The first kappa shape index (κ1) is 17.9. The van der Waals surface area contributed by atoms with Crippen LogP contribution in [0.1, 0.15) is 31.1 Å². The molecule has 7 heteroatoms. The highest BCUT2D eigenvalue weighted by Crippen LogP contribution is 2.21. The minimum Gasteiger partial charge on any atom is -0.478 e. The van der Waals surface area contributed by atoms with E-state index in [2.05, 4.69) is 25.7 Å². The Labute approximate surface area is 137 Å². The van der Waals surface area contributed by atoms with Crippen LogP contribution in [0.15, 0.2) is 29.2 Å². The first-order chi connectivity index (χ1) is 10.6. The molecule has 0 bridgehead atoms. The van der Waals surface area contributed by atoms with Crippen LogP contribution in [0.3, 0.4) is 0 Å². The third-order valence-electron chi connectivity index (χ3n) is 3.75. The zero-order valence-corrected chi connectivity index (χ0v) is 14.6. The van der Waals surface area contributed by atoms with Crippen LogP contribution >= 0.6 is 0 Å². The van der Waals surface area contributed by atoms with Gasteiger partial charge in [-0.15, -0.1) is 0 Å². The third-order valence-corrected chi connectivity index (χ3v) is 5.64. The number of piperazine rings is 1. The maximum absolute atomic E-state index is 12.7. The Morgan fingerprint density at radius 2 is 1.78 bits per heavy atom. The number of rotatable bonds is 4. The summed E-state index contributed by atoms with van der Waals surface area (Å²) >= 11 is 0. The molecule has 0 aliphatic carbocycles. The molecule has 1 aliphatic rings. The van der Waals surface area contributed by atoms with E-state index in [1.165, 1.54) is 28.6 Å². The number of aromatic carboxylic acids is 1. The molecule has 0 unspecified atom stereocenters. The van der Waals surface area contributed by atoms with Gasteiger partial charge in [-0.1, -0.05) is 26.8 Å². The topological polar surface area (TPSA) is 77.9 Å². The summed E-state index contributed by atoms with van der Waals surface area (Å²) < 4.78 is 26.8. The summed E-state index contributed by atoms with van der Waals surface area (Å²) in [7, 11) is -3.64. The molecule has 1 N–H and O–H groups in total. The molecule has 1 aromatic carbocycles. The molecule has 23 heavy (non-hydrogen) atoms. The number of hydrogen-bond acceptors (Lipinski definition) is 4. The van der Waals surface area contributed by atoms with Gasteiger partial charge in [-0.05, 0) is 23.6 Å². The van der Waals surface area contributed by atoms with Gasteiger partial charge in [0.05, 0.1) is 10.5 Å². The van der Waals surface area contributed by atoms with Crippen LogP contribution in [-0.4, -0.2) is 61.4 Å². The van der Waals surface area contributed by atoms with Gasteiger partial charge in [0.15, 0.2) is 0 Å². The molecule has 128 valence electrons. The molecule has 0 aromatic heterocycles. The van der Waals surface area contributed by atoms with Gasteiger partial charge in [-0.25, -0.2) is 13.2 Å². The molecule has 1 fully saturated rings. The average Bonchev–Trinajstić information content (AvgIpc) is 2.46. The predicted molar refractivity (Wildman–Crippen MR) is 88.1 cm³/mol. The summed E-state index contributed by atoms with van der Waals surface area (Å²) in [5.74, 6) is -1.13. The molecule has 1 aliphatic heterocycles. The normalized spacial score (nSPS) is 18.0. The molecule has 0 saturated carbocycles. The van der Waals surface area contributed by atoms with E-state index in [0.29, 0.717) is 26.2 Å². The minimum absolute atomic E-state index is 0.0163. The zero-order chi connectivity index (χ0) is 17.3. The Morgan fingerprint density at radius 1 is 1.17 bits per heavy atom.